The summed E-state index contributed by atoms with van der Waals surface area (Å²) in [5.41, 5.74) is 2.81. The monoisotopic (exact) mass is 535 g/mol. The second-order valence-corrected chi connectivity index (χ2v) is 8.38. The molecule has 1 unspecified atom stereocenters. The first-order chi connectivity index (χ1) is 14.8. The highest BCUT2D eigenvalue weighted by Gasteiger charge is 2.42. The van der Waals surface area contributed by atoms with E-state index in [-0.39, 0.29) is 24.0 Å². The molecule has 168 valence electrons. The Morgan fingerprint density at radius 3 is 2.61 bits per heavy atom. The Morgan fingerprint density at radius 1 is 1.10 bits per heavy atom. The van der Waals surface area contributed by atoms with Crippen molar-refractivity contribution in [2.45, 2.75) is 32.8 Å². The van der Waals surface area contributed by atoms with Crippen LogP contribution >= 0.6 is 24.0 Å². The Hall–Kier alpha value is -1.80. The molecule has 2 saturated heterocycles. The molecule has 2 aromatic rings. The molecule has 1 atom stereocenters. The van der Waals surface area contributed by atoms with E-state index in [1.54, 1.807) is 0 Å². The van der Waals surface area contributed by atoms with Gasteiger partial charge >= 0.3 is 0 Å². The molecule has 2 aliphatic heterocycles. The van der Waals surface area contributed by atoms with Gasteiger partial charge in [0, 0.05) is 38.2 Å². The summed E-state index contributed by atoms with van der Waals surface area (Å²) in [5, 5.41) is 3.47. The van der Waals surface area contributed by atoms with Crippen molar-refractivity contribution < 1.29 is 9.47 Å². The van der Waals surface area contributed by atoms with Crippen LogP contribution in [0.15, 0.2) is 59.6 Å². The molecule has 5 nitrogen and oxygen atoms in total. The number of hydrogen-bond donors (Lipinski definition) is 1. The van der Waals surface area contributed by atoms with Crippen LogP contribution in [-0.2, 0) is 17.8 Å². The topological polar surface area (TPSA) is 46.1 Å². The van der Waals surface area contributed by atoms with Crippen molar-refractivity contribution in [3.63, 3.8) is 0 Å². The summed E-state index contributed by atoms with van der Waals surface area (Å²) in [5.74, 6) is 1.95. The smallest absolute Gasteiger partial charge is 0.193 e. The minimum absolute atomic E-state index is 0. The number of nitrogens with one attached hydrogen (secondary N) is 1. The highest BCUT2D eigenvalue weighted by atomic mass is 127. The van der Waals surface area contributed by atoms with Gasteiger partial charge in [0.1, 0.15) is 12.4 Å². The van der Waals surface area contributed by atoms with E-state index in [4.69, 9.17) is 14.5 Å². The van der Waals surface area contributed by atoms with E-state index in [1.807, 2.05) is 18.2 Å². The van der Waals surface area contributed by atoms with Gasteiger partial charge in [0.2, 0.25) is 0 Å². The summed E-state index contributed by atoms with van der Waals surface area (Å²) < 4.78 is 11.5. The molecular formula is C25H34IN3O2. The fraction of sp³-hybridized carbons (Fsp3) is 0.480. The zero-order valence-electron chi connectivity index (χ0n) is 18.4. The molecule has 2 heterocycles. The maximum Gasteiger partial charge on any atom is 0.193 e. The highest BCUT2D eigenvalue weighted by Crippen LogP contribution is 2.38. The molecule has 1 N–H and O–H groups in total. The second-order valence-electron chi connectivity index (χ2n) is 8.38. The highest BCUT2D eigenvalue weighted by molar-refractivity contribution is 14.0. The summed E-state index contributed by atoms with van der Waals surface area (Å²) in [4.78, 5) is 7.32. The fourth-order valence-electron chi connectivity index (χ4n) is 4.30. The number of halogens is 1. The van der Waals surface area contributed by atoms with Crippen molar-refractivity contribution in [3.05, 3.63) is 65.7 Å². The lowest BCUT2D eigenvalue weighted by Crippen LogP contribution is -2.41. The predicted octanol–water partition coefficient (Wildman–Crippen LogP) is 4.50. The molecule has 31 heavy (non-hydrogen) atoms. The zero-order valence-corrected chi connectivity index (χ0v) is 20.7. The minimum atomic E-state index is 0. The van der Waals surface area contributed by atoms with Gasteiger partial charge in [-0.3, -0.25) is 4.99 Å². The van der Waals surface area contributed by atoms with Gasteiger partial charge in [0.25, 0.3) is 0 Å². The lowest BCUT2D eigenvalue weighted by atomic mass is 9.87. The largest absolute Gasteiger partial charge is 0.489 e. The summed E-state index contributed by atoms with van der Waals surface area (Å²) in [7, 11) is 0. The van der Waals surface area contributed by atoms with Crippen LogP contribution < -0.4 is 10.1 Å². The molecule has 0 aromatic heterocycles. The van der Waals surface area contributed by atoms with E-state index >= 15 is 0 Å². The zero-order chi connectivity index (χ0) is 20.7. The Bertz CT molecular complexity index is 820. The lowest BCUT2D eigenvalue weighted by molar-refractivity contribution is 0.156. The number of ether oxygens (including phenoxy) is 2. The standard InChI is InChI=1S/C25H33N3O2.HI/c1-2-26-24(28-16-13-25(19-28)14-17-29-20-25)27-15-12-21-8-10-23(11-9-21)30-18-22-6-4-3-5-7-22;/h3-11H,2,12-20H2,1H3,(H,26,27);1H. The first-order valence-corrected chi connectivity index (χ1v) is 11.1. The minimum Gasteiger partial charge on any atom is -0.489 e. The Morgan fingerprint density at radius 2 is 1.90 bits per heavy atom. The summed E-state index contributed by atoms with van der Waals surface area (Å²) >= 11 is 0. The van der Waals surface area contributed by atoms with Crippen LogP contribution in [-0.4, -0.2) is 50.3 Å². The number of guanidine groups is 1. The molecule has 0 bridgehead atoms. The quantitative estimate of drug-likeness (QED) is 0.322. The average molecular weight is 535 g/mol. The predicted molar refractivity (Wildman–Crippen MR) is 136 cm³/mol. The summed E-state index contributed by atoms with van der Waals surface area (Å²) in [6, 6.07) is 18.6. The van der Waals surface area contributed by atoms with E-state index in [9.17, 15) is 0 Å². The lowest BCUT2D eigenvalue weighted by Gasteiger charge is -2.25. The number of rotatable bonds is 7. The van der Waals surface area contributed by atoms with Gasteiger partial charge in [-0.05, 0) is 49.4 Å². The fourth-order valence-corrected chi connectivity index (χ4v) is 4.30. The van der Waals surface area contributed by atoms with Gasteiger partial charge in [-0.25, -0.2) is 0 Å². The van der Waals surface area contributed by atoms with Gasteiger partial charge in [-0.2, -0.15) is 0 Å². The summed E-state index contributed by atoms with van der Waals surface area (Å²) in [6.45, 7) is 8.36. The van der Waals surface area contributed by atoms with E-state index in [1.165, 1.54) is 24.0 Å². The van der Waals surface area contributed by atoms with Crippen LogP contribution in [0.5, 0.6) is 5.75 Å². The Kier molecular flexibility index (Phi) is 9.02. The molecule has 0 saturated carbocycles. The van der Waals surface area contributed by atoms with Gasteiger partial charge in [0.05, 0.1) is 6.61 Å². The number of benzene rings is 2. The molecule has 0 aliphatic carbocycles. The Balaban J connectivity index is 0.00000272. The van der Waals surface area contributed by atoms with Gasteiger partial charge in [0.15, 0.2) is 5.96 Å². The average Bonchev–Trinajstić information content (AvgIpc) is 3.43. The van der Waals surface area contributed by atoms with E-state index in [0.29, 0.717) is 12.0 Å². The maximum absolute atomic E-state index is 5.88. The van der Waals surface area contributed by atoms with Crippen molar-refractivity contribution in [3.8, 4) is 5.75 Å². The van der Waals surface area contributed by atoms with Crippen molar-refractivity contribution >= 4 is 29.9 Å². The van der Waals surface area contributed by atoms with E-state index < -0.39 is 0 Å². The molecule has 6 heteroatoms. The number of nitrogens with zero attached hydrogens (tertiary/aromatic N) is 2. The third-order valence-electron chi connectivity index (χ3n) is 6.09. The van der Waals surface area contributed by atoms with Crippen LogP contribution in [0.3, 0.4) is 0 Å². The SMILES string of the molecule is CCNC(=NCCc1ccc(OCc2ccccc2)cc1)N1CCC2(CCOC2)C1.I. The number of aliphatic imine (C=N–C) groups is 1. The Labute approximate surface area is 203 Å². The first kappa shape index (κ1) is 23.9. The maximum atomic E-state index is 5.88. The second kappa shape index (κ2) is 11.7. The number of hydrogen-bond acceptors (Lipinski definition) is 3. The molecule has 2 fully saturated rings. The molecule has 4 rings (SSSR count). The normalized spacial score (nSPS) is 20.7. The molecule has 2 aromatic carbocycles. The molecule has 2 aliphatic rings. The summed E-state index contributed by atoms with van der Waals surface area (Å²) in [6.07, 6.45) is 3.32. The molecule has 0 amide bonds. The van der Waals surface area contributed by atoms with Crippen LogP contribution in [0.2, 0.25) is 0 Å². The first-order valence-electron chi connectivity index (χ1n) is 11.1. The number of likely N-dealkylation sites (tertiary alicyclic amines) is 1. The van der Waals surface area contributed by atoms with E-state index in [0.717, 1.165) is 57.5 Å². The van der Waals surface area contributed by atoms with Gasteiger partial charge < -0.3 is 19.7 Å². The van der Waals surface area contributed by atoms with Crippen molar-refractivity contribution in [2.75, 3.05) is 39.4 Å². The molecule has 0 radical (unpaired) electrons. The van der Waals surface area contributed by atoms with Crippen molar-refractivity contribution in [1.29, 1.82) is 0 Å². The van der Waals surface area contributed by atoms with Crippen LogP contribution in [0.1, 0.15) is 30.9 Å². The third-order valence-corrected chi connectivity index (χ3v) is 6.09. The third kappa shape index (κ3) is 6.59. The van der Waals surface area contributed by atoms with Gasteiger partial charge in [-0.1, -0.05) is 42.5 Å². The van der Waals surface area contributed by atoms with Crippen LogP contribution in [0.25, 0.3) is 0 Å². The molecular weight excluding hydrogens is 501 g/mol. The van der Waals surface area contributed by atoms with Gasteiger partial charge in [-0.15, -0.1) is 24.0 Å². The van der Waals surface area contributed by atoms with Crippen molar-refractivity contribution in [2.24, 2.45) is 10.4 Å². The van der Waals surface area contributed by atoms with Crippen LogP contribution in [0, 0.1) is 5.41 Å². The van der Waals surface area contributed by atoms with E-state index in [2.05, 4.69) is 53.5 Å². The molecule has 1 spiro atoms. The van der Waals surface area contributed by atoms with Crippen molar-refractivity contribution in [1.82, 2.24) is 10.2 Å². The van der Waals surface area contributed by atoms with Crippen LogP contribution in [0.4, 0.5) is 0 Å².